The molecule has 1 aliphatic heterocycles. The zero-order valence-electron chi connectivity index (χ0n) is 15.8. The van der Waals surface area contributed by atoms with Crippen LogP contribution in [0.2, 0.25) is 0 Å². The van der Waals surface area contributed by atoms with Crippen molar-refractivity contribution in [3.63, 3.8) is 0 Å². The van der Waals surface area contributed by atoms with Crippen LogP contribution in [0, 0.1) is 5.92 Å². The maximum Gasteiger partial charge on any atom is 0.223 e. The fraction of sp³-hybridized carbons (Fsp3) is 0.273. The van der Waals surface area contributed by atoms with Gasteiger partial charge in [0.15, 0.2) is 0 Å². The van der Waals surface area contributed by atoms with Gasteiger partial charge in [0.2, 0.25) is 5.91 Å². The number of methoxy groups -OCH3 is 1. The topological polar surface area (TPSA) is 65.4 Å². The Morgan fingerprint density at radius 3 is 3.07 bits per heavy atom. The standard InChI is InChI=1S/C22H23N3O3/c1-27-20-7-4-6-19(12-20)25-15-16(14-24-25)13-23-22(26)18-9-10-28-21-8-3-2-5-17(21)11-18/h2-8,12,14-15,18H,9-11,13H2,1H3,(H,23,26). The lowest BCUT2D eigenvalue weighted by Gasteiger charge is -2.13. The molecule has 28 heavy (non-hydrogen) atoms. The molecule has 1 aliphatic rings. The molecule has 1 unspecified atom stereocenters. The van der Waals surface area contributed by atoms with Crippen molar-refractivity contribution in [3.8, 4) is 17.2 Å². The number of fused-ring (bicyclic) bond motifs is 1. The number of ether oxygens (including phenoxy) is 2. The van der Waals surface area contributed by atoms with E-state index >= 15 is 0 Å². The van der Waals surface area contributed by atoms with Gasteiger partial charge in [0.25, 0.3) is 0 Å². The number of para-hydroxylation sites is 1. The van der Waals surface area contributed by atoms with E-state index in [0.717, 1.165) is 28.3 Å². The van der Waals surface area contributed by atoms with E-state index in [1.165, 1.54) is 0 Å². The summed E-state index contributed by atoms with van der Waals surface area (Å²) in [5.41, 5.74) is 2.95. The van der Waals surface area contributed by atoms with Crippen molar-refractivity contribution in [1.82, 2.24) is 15.1 Å². The van der Waals surface area contributed by atoms with Crippen LogP contribution in [0.25, 0.3) is 5.69 Å². The van der Waals surface area contributed by atoms with E-state index in [1.54, 1.807) is 18.0 Å². The Labute approximate surface area is 164 Å². The molecule has 0 saturated heterocycles. The number of hydrogen-bond acceptors (Lipinski definition) is 4. The van der Waals surface area contributed by atoms with Crippen molar-refractivity contribution in [2.24, 2.45) is 5.92 Å². The fourth-order valence-corrected chi connectivity index (χ4v) is 3.39. The van der Waals surface area contributed by atoms with Crippen molar-refractivity contribution in [2.45, 2.75) is 19.4 Å². The zero-order valence-corrected chi connectivity index (χ0v) is 15.8. The number of hydrogen-bond donors (Lipinski definition) is 1. The molecule has 6 heteroatoms. The van der Waals surface area contributed by atoms with Gasteiger partial charge in [-0.1, -0.05) is 24.3 Å². The molecule has 4 rings (SSSR count). The Morgan fingerprint density at radius 1 is 1.29 bits per heavy atom. The normalized spacial score (nSPS) is 15.8. The van der Waals surface area contributed by atoms with Gasteiger partial charge < -0.3 is 14.8 Å². The summed E-state index contributed by atoms with van der Waals surface area (Å²) >= 11 is 0. The highest BCUT2D eigenvalue weighted by atomic mass is 16.5. The predicted octanol–water partition coefficient (Wildman–Crippen LogP) is 3.14. The molecule has 1 atom stereocenters. The lowest BCUT2D eigenvalue weighted by Crippen LogP contribution is -2.31. The SMILES string of the molecule is COc1cccc(-n2cc(CNC(=O)C3CCOc4ccccc4C3)cn2)c1. The molecule has 0 spiro atoms. The number of aromatic nitrogens is 2. The molecular weight excluding hydrogens is 354 g/mol. The van der Waals surface area contributed by atoms with E-state index in [9.17, 15) is 4.79 Å². The first-order chi connectivity index (χ1) is 13.7. The largest absolute Gasteiger partial charge is 0.497 e. The third-order valence-corrected chi connectivity index (χ3v) is 4.95. The summed E-state index contributed by atoms with van der Waals surface area (Å²) in [6.07, 6.45) is 5.10. The van der Waals surface area contributed by atoms with Crippen LogP contribution in [0.1, 0.15) is 17.5 Å². The summed E-state index contributed by atoms with van der Waals surface area (Å²) in [5, 5.41) is 7.43. The second-order valence-electron chi connectivity index (χ2n) is 6.86. The van der Waals surface area contributed by atoms with Gasteiger partial charge in [0.1, 0.15) is 11.5 Å². The molecule has 6 nitrogen and oxygen atoms in total. The van der Waals surface area contributed by atoms with E-state index in [4.69, 9.17) is 9.47 Å². The van der Waals surface area contributed by atoms with Gasteiger partial charge in [-0.15, -0.1) is 0 Å². The highest BCUT2D eigenvalue weighted by Gasteiger charge is 2.23. The maximum absolute atomic E-state index is 12.7. The lowest BCUT2D eigenvalue weighted by atomic mass is 9.96. The molecule has 0 aliphatic carbocycles. The van der Waals surface area contributed by atoms with Crippen LogP contribution in [0.4, 0.5) is 0 Å². The molecule has 0 fully saturated rings. The van der Waals surface area contributed by atoms with Crippen LogP contribution in [-0.2, 0) is 17.8 Å². The second kappa shape index (κ2) is 8.17. The number of nitrogens with one attached hydrogen (secondary N) is 1. The van der Waals surface area contributed by atoms with Gasteiger partial charge in [-0.2, -0.15) is 5.10 Å². The van der Waals surface area contributed by atoms with Crippen molar-refractivity contribution in [1.29, 1.82) is 0 Å². The Kier molecular flexibility index (Phi) is 5.28. The molecular formula is C22H23N3O3. The minimum Gasteiger partial charge on any atom is -0.497 e. The van der Waals surface area contributed by atoms with E-state index in [0.29, 0.717) is 26.0 Å². The first-order valence-electron chi connectivity index (χ1n) is 9.39. The van der Waals surface area contributed by atoms with Crippen molar-refractivity contribution in [3.05, 3.63) is 72.1 Å². The average Bonchev–Trinajstić information content (AvgIpc) is 3.10. The predicted molar refractivity (Wildman–Crippen MR) is 106 cm³/mol. The highest BCUT2D eigenvalue weighted by Crippen LogP contribution is 2.26. The van der Waals surface area contributed by atoms with Gasteiger partial charge in [-0.3, -0.25) is 4.79 Å². The minimum atomic E-state index is -0.0860. The third-order valence-electron chi connectivity index (χ3n) is 4.95. The van der Waals surface area contributed by atoms with Crippen LogP contribution in [-0.4, -0.2) is 29.4 Å². The number of amides is 1. The summed E-state index contributed by atoms with van der Waals surface area (Å²) in [4.78, 5) is 12.7. The highest BCUT2D eigenvalue weighted by molar-refractivity contribution is 5.79. The lowest BCUT2D eigenvalue weighted by molar-refractivity contribution is -0.125. The van der Waals surface area contributed by atoms with Gasteiger partial charge in [-0.25, -0.2) is 4.68 Å². The summed E-state index contributed by atoms with van der Waals surface area (Å²) in [7, 11) is 1.64. The fourth-order valence-electron chi connectivity index (χ4n) is 3.39. The molecule has 1 amide bonds. The quantitative estimate of drug-likeness (QED) is 0.742. The van der Waals surface area contributed by atoms with Crippen molar-refractivity contribution < 1.29 is 14.3 Å². The molecule has 2 aromatic carbocycles. The monoisotopic (exact) mass is 377 g/mol. The summed E-state index contributed by atoms with van der Waals surface area (Å²) < 4.78 is 12.8. The molecule has 2 heterocycles. The van der Waals surface area contributed by atoms with Crippen LogP contribution in [0.3, 0.4) is 0 Å². The van der Waals surface area contributed by atoms with Crippen molar-refractivity contribution >= 4 is 5.91 Å². The third kappa shape index (κ3) is 4.01. The van der Waals surface area contributed by atoms with E-state index in [-0.39, 0.29) is 11.8 Å². The average molecular weight is 377 g/mol. The zero-order chi connectivity index (χ0) is 19.3. The van der Waals surface area contributed by atoms with Crippen LogP contribution >= 0.6 is 0 Å². The number of carbonyl (C=O) groups excluding carboxylic acids is 1. The second-order valence-corrected chi connectivity index (χ2v) is 6.86. The van der Waals surface area contributed by atoms with Gasteiger partial charge in [0.05, 0.1) is 25.6 Å². The number of carbonyl (C=O) groups is 1. The first kappa shape index (κ1) is 18.1. The first-order valence-corrected chi connectivity index (χ1v) is 9.39. The van der Waals surface area contributed by atoms with Gasteiger partial charge in [-0.05, 0) is 36.6 Å². The van der Waals surface area contributed by atoms with Crippen LogP contribution in [0.5, 0.6) is 11.5 Å². The Balaban J connectivity index is 1.38. The number of rotatable bonds is 5. The van der Waals surface area contributed by atoms with Gasteiger partial charge >= 0.3 is 0 Å². The maximum atomic E-state index is 12.7. The van der Waals surface area contributed by atoms with Crippen LogP contribution in [0.15, 0.2) is 60.9 Å². The van der Waals surface area contributed by atoms with Gasteiger partial charge in [0, 0.05) is 30.3 Å². The summed E-state index contributed by atoms with van der Waals surface area (Å²) in [6, 6.07) is 15.6. The van der Waals surface area contributed by atoms with E-state index < -0.39 is 0 Å². The number of nitrogens with zero attached hydrogens (tertiary/aromatic N) is 2. The molecule has 0 radical (unpaired) electrons. The summed E-state index contributed by atoms with van der Waals surface area (Å²) in [6.45, 7) is 1.00. The Morgan fingerprint density at radius 2 is 2.18 bits per heavy atom. The molecule has 0 bridgehead atoms. The van der Waals surface area contributed by atoms with E-state index in [2.05, 4.69) is 10.4 Å². The number of benzene rings is 2. The Bertz CT molecular complexity index is 967. The molecule has 3 aromatic rings. The molecule has 0 saturated carbocycles. The Hall–Kier alpha value is -3.28. The van der Waals surface area contributed by atoms with Crippen LogP contribution < -0.4 is 14.8 Å². The minimum absolute atomic E-state index is 0.0504. The molecule has 144 valence electrons. The smallest absolute Gasteiger partial charge is 0.223 e. The molecule has 1 aromatic heterocycles. The van der Waals surface area contributed by atoms with E-state index in [1.807, 2.05) is 54.7 Å². The van der Waals surface area contributed by atoms with Crippen molar-refractivity contribution in [2.75, 3.05) is 13.7 Å². The molecule has 1 N–H and O–H groups in total. The summed E-state index contributed by atoms with van der Waals surface area (Å²) in [5.74, 6) is 1.63.